The standard InChI is InChI=1S/C23H24ClNO4/c1-3-4-5-6-8-15(2)29-23(28)16-11-12-19-20(13-16)22(27)25(21(19)26)18-10-7-9-17(24)14-18/h7,9-15H,3-6,8H2,1-2H3/t15-/m0/s1. The van der Waals surface area contributed by atoms with Crippen LogP contribution in [0.15, 0.2) is 42.5 Å². The zero-order valence-corrected chi connectivity index (χ0v) is 17.4. The molecule has 0 aromatic heterocycles. The van der Waals surface area contributed by atoms with Crippen molar-refractivity contribution in [1.29, 1.82) is 0 Å². The van der Waals surface area contributed by atoms with Crippen LogP contribution in [0.4, 0.5) is 5.69 Å². The molecule has 0 radical (unpaired) electrons. The van der Waals surface area contributed by atoms with Gasteiger partial charge in [0.2, 0.25) is 0 Å². The third-order valence-electron chi connectivity index (χ3n) is 4.96. The highest BCUT2D eigenvalue weighted by atomic mass is 35.5. The van der Waals surface area contributed by atoms with E-state index in [1.54, 1.807) is 24.3 Å². The van der Waals surface area contributed by atoms with Gasteiger partial charge in [-0.25, -0.2) is 9.69 Å². The van der Waals surface area contributed by atoms with Crippen molar-refractivity contribution in [3.05, 3.63) is 64.2 Å². The Morgan fingerprint density at radius 2 is 1.79 bits per heavy atom. The second-order valence-corrected chi connectivity index (χ2v) is 7.69. The fourth-order valence-electron chi connectivity index (χ4n) is 3.39. The zero-order chi connectivity index (χ0) is 21.0. The predicted octanol–water partition coefficient (Wildman–Crippen LogP) is 5.66. The van der Waals surface area contributed by atoms with Crippen molar-refractivity contribution >= 4 is 35.1 Å². The summed E-state index contributed by atoms with van der Waals surface area (Å²) in [5.41, 5.74) is 1.12. The van der Waals surface area contributed by atoms with E-state index in [9.17, 15) is 14.4 Å². The first-order valence-corrected chi connectivity index (χ1v) is 10.3. The van der Waals surface area contributed by atoms with Gasteiger partial charge in [0.15, 0.2) is 0 Å². The van der Waals surface area contributed by atoms with E-state index < -0.39 is 17.8 Å². The van der Waals surface area contributed by atoms with Gasteiger partial charge in [-0.05, 0) is 56.2 Å². The smallest absolute Gasteiger partial charge is 0.338 e. The number of unbranched alkanes of at least 4 members (excludes halogenated alkanes) is 3. The molecule has 0 saturated carbocycles. The minimum Gasteiger partial charge on any atom is -0.459 e. The molecule has 1 heterocycles. The van der Waals surface area contributed by atoms with Crippen LogP contribution in [0.3, 0.4) is 0 Å². The van der Waals surface area contributed by atoms with Gasteiger partial charge < -0.3 is 4.74 Å². The number of ether oxygens (including phenoxy) is 1. The minimum absolute atomic E-state index is 0.194. The third-order valence-corrected chi connectivity index (χ3v) is 5.20. The fraction of sp³-hybridized carbons (Fsp3) is 0.348. The van der Waals surface area contributed by atoms with Crippen molar-refractivity contribution in [2.45, 2.75) is 52.1 Å². The van der Waals surface area contributed by atoms with Crippen LogP contribution in [0.2, 0.25) is 5.02 Å². The van der Waals surface area contributed by atoms with Crippen LogP contribution < -0.4 is 4.90 Å². The Kier molecular flexibility index (Phi) is 6.70. The summed E-state index contributed by atoms with van der Waals surface area (Å²) in [5, 5.41) is 0.427. The Hall–Kier alpha value is -2.66. The highest BCUT2D eigenvalue weighted by molar-refractivity contribution is 6.35. The van der Waals surface area contributed by atoms with Gasteiger partial charge in [-0.15, -0.1) is 0 Å². The molecule has 0 fully saturated rings. The van der Waals surface area contributed by atoms with Gasteiger partial charge in [0.05, 0.1) is 28.5 Å². The summed E-state index contributed by atoms with van der Waals surface area (Å²) >= 11 is 5.99. The lowest BCUT2D eigenvalue weighted by molar-refractivity contribution is 0.0319. The molecule has 6 heteroatoms. The van der Waals surface area contributed by atoms with Crippen LogP contribution in [-0.4, -0.2) is 23.9 Å². The van der Waals surface area contributed by atoms with E-state index in [0.29, 0.717) is 10.7 Å². The van der Waals surface area contributed by atoms with Crippen LogP contribution >= 0.6 is 11.6 Å². The van der Waals surface area contributed by atoms with Gasteiger partial charge in [-0.3, -0.25) is 9.59 Å². The van der Waals surface area contributed by atoms with Gasteiger partial charge in [-0.1, -0.05) is 43.9 Å². The summed E-state index contributed by atoms with van der Waals surface area (Å²) in [5.74, 6) is -1.40. The summed E-state index contributed by atoms with van der Waals surface area (Å²) in [6.45, 7) is 4.02. The number of nitrogens with zero attached hydrogens (tertiary/aromatic N) is 1. The van der Waals surface area contributed by atoms with Crippen molar-refractivity contribution in [3.63, 3.8) is 0 Å². The number of halogens is 1. The lowest BCUT2D eigenvalue weighted by atomic mass is 10.1. The molecule has 0 N–H and O–H groups in total. The molecule has 29 heavy (non-hydrogen) atoms. The highest BCUT2D eigenvalue weighted by Crippen LogP contribution is 2.30. The fourth-order valence-corrected chi connectivity index (χ4v) is 3.57. The maximum atomic E-state index is 12.8. The molecule has 152 valence electrons. The molecule has 1 aliphatic rings. The quantitative estimate of drug-likeness (QED) is 0.318. The van der Waals surface area contributed by atoms with Crippen LogP contribution in [0.1, 0.15) is 77.0 Å². The number of rotatable bonds is 8. The molecule has 0 unspecified atom stereocenters. The SMILES string of the molecule is CCCCCC[C@H](C)OC(=O)c1ccc2c(c1)C(=O)N(c1cccc(Cl)c1)C2=O. The van der Waals surface area contributed by atoms with Crippen LogP contribution in [0.25, 0.3) is 0 Å². The normalized spacial score (nSPS) is 14.1. The molecule has 2 aromatic carbocycles. The van der Waals surface area contributed by atoms with Crippen molar-refractivity contribution < 1.29 is 19.1 Å². The van der Waals surface area contributed by atoms with E-state index in [1.165, 1.54) is 24.6 Å². The number of esters is 1. The Labute approximate surface area is 175 Å². The number of anilines is 1. The second-order valence-electron chi connectivity index (χ2n) is 7.25. The maximum absolute atomic E-state index is 12.8. The molecule has 2 aromatic rings. The third kappa shape index (κ3) is 4.67. The summed E-state index contributed by atoms with van der Waals surface area (Å²) in [4.78, 5) is 39.1. The molecule has 5 nitrogen and oxygen atoms in total. The number of carbonyl (C=O) groups excluding carboxylic acids is 3. The number of hydrogen-bond donors (Lipinski definition) is 0. The zero-order valence-electron chi connectivity index (χ0n) is 16.6. The predicted molar refractivity (Wildman–Crippen MR) is 113 cm³/mol. The molecule has 0 spiro atoms. The van der Waals surface area contributed by atoms with Crippen LogP contribution in [-0.2, 0) is 4.74 Å². The number of hydrogen-bond acceptors (Lipinski definition) is 4. The Bertz CT molecular complexity index is 940. The molecule has 2 amide bonds. The van der Waals surface area contributed by atoms with E-state index in [2.05, 4.69) is 6.92 Å². The lowest BCUT2D eigenvalue weighted by Gasteiger charge is -2.14. The Morgan fingerprint density at radius 1 is 1.03 bits per heavy atom. The summed E-state index contributed by atoms with van der Waals surface area (Å²) in [6.07, 6.45) is 5.05. The Balaban J connectivity index is 1.73. The van der Waals surface area contributed by atoms with Crippen molar-refractivity contribution in [3.8, 4) is 0 Å². The molecule has 0 aliphatic carbocycles. The maximum Gasteiger partial charge on any atom is 0.338 e. The van der Waals surface area contributed by atoms with Crippen molar-refractivity contribution in [1.82, 2.24) is 0 Å². The topological polar surface area (TPSA) is 63.7 Å². The van der Waals surface area contributed by atoms with E-state index in [0.717, 1.165) is 30.6 Å². The Morgan fingerprint density at radius 3 is 2.52 bits per heavy atom. The van der Waals surface area contributed by atoms with Crippen molar-refractivity contribution in [2.75, 3.05) is 4.90 Å². The van der Waals surface area contributed by atoms with E-state index in [-0.39, 0.29) is 22.8 Å². The molecule has 0 bridgehead atoms. The largest absolute Gasteiger partial charge is 0.459 e. The van der Waals surface area contributed by atoms with Gasteiger partial charge in [-0.2, -0.15) is 0 Å². The number of imide groups is 1. The molecular weight excluding hydrogens is 390 g/mol. The van der Waals surface area contributed by atoms with Crippen LogP contribution in [0.5, 0.6) is 0 Å². The molecular formula is C23H24ClNO4. The van der Waals surface area contributed by atoms with Gasteiger partial charge in [0.25, 0.3) is 11.8 Å². The first-order chi connectivity index (χ1) is 13.9. The number of carbonyl (C=O) groups is 3. The average molecular weight is 414 g/mol. The second kappa shape index (κ2) is 9.23. The monoisotopic (exact) mass is 413 g/mol. The number of amides is 2. The van der Waals surface area contributed by atoms with Gasteiger partial charge >= 0.3 is 5.97 Å². The summed E-state index contributed by atoms with van der Waals surface area (Å²) in [7, 11) is 0. The molecule has 3 rings (SSSR count). The first kappa shape index (κ1) is 21.1. The van der Waals surface area contributed by atoms with E-state index in [4.69, 9.17) is 16.3 Å². The van der Waals surface area contributed by atoms with E-state index in [1.807, 2.05) is 6.92 Å². The van der Waals surface area contributed by atoms with Crippen molar-refractivity contribution in [2.24, 2.45) is 0 Å². The average Bonchev–Trinajstić information content (AvgIpc) is 2.95. The molecule has 1 aliphatic heterocycles. The minimum atomic E-state index is -0.489. The van der Waals surface area contributed by atoms with E-state index >= 15 is 0 Å². The number of benzene rings is 2. The number of fused-ring (bicyclic) bond motifs is 1. The molecule has 1 atom stereocenters. The van der Waals surface area contributed by atoms with Gasteiger partial charge in [0, 0.05) is 5.02 Å². The lowest BCUT2D eigenvalue weighted by Crippen LogP contribution is -2.29. The summed E-state index contributed by atoms with van der Waals surface area (Å²) < 4.78 is 5.50. The highest BCUT2D eigenvalue weighted by Gasteiger charge is 2.37. The van der Waals surface area contributed by atoms with Gasteiger partial charge in [0.1, 0.15) is 0 Å². The van der Waals surface area contributed by atoms with Crippen LogP contribution in [0, 0.1) is 0 Å². The first-order valence-electron chi connectivity index (χ1n) is 9.91. The summed E-state index contributed by atoms with van der Waals surface area (Å²) in [6, 6.07) is 11.0. The molecule has 0 saturated heterocycles.